The van der Waals surface area contributed by atoms with Crippen LogP contribution in [0.25, 0.3) is 22.6 Å². The fraction of sp³-hybridized carbons (Fsp3) is 0.143. The van der Waals surface area contributed by atoms with Gasteiger partial charge in [0, 0.05) is 5.56 Å². The first kappa shape index (κ1) is 18.8. The number of anilines is 1. The summed E-state index contributed by atoms with van der Waals surface area (Å²) in [5.41, 5.74) is 3.85. The molecule has 0 fully saturated rings. The second-order valence-electron chi connectivity index (χ2n) is 6.65. The maximum Gasteiger partial charge on any atom is 0.291 e. The summed E-state index contributed by atoms with van der Waals surface area (Å²) in [6.45, 7) is 4.27. The molecule has 0 saturated heterocycles. The third-order valence-corrected chi connectivity index (χ3v) is 5.09. The van der Waals surface area contributed by atoms with E-state index in [0.717, 1.165) is 5.52 Å². The fourth-order valence-corrected chi connectivity index (χ4v) is 3.27. The van der Waals surface area contributed by atoms with Gasteiger partial charge >= 0.3 is 0 Å². The minimum atomic E-state index is -0.399. The van der Waals surface area contributed by atoms with E-state index in [9.17, 15) is 4.79 Å². The van der Waals surface area contributed by atoms with Crippen LogP contribution in [0.2, 0.25) is 5.02 Å². The van der Waals surface area contributed by atoms with Gasteiger partial charge in [0.2, 0.25) is 5.89 Å². The summed E-state index contributed by atoms with van der Waals surface area (Å²) in [6.07, 6.45) is 0. The van der Waals surface area contributed by atoms with Crippen molar-refractivity contribution in [3.05, 3.63) is 69.5 Å². The van der Waals surface area contributed by atoms with Crippen molar-refractivity contribution in [3.63, 3.8) is 0 Å². The van der Waals surface area contributed by atoms with Crippen molar-refractivity contribution in [1.82, 2.24) is 4.98 Å². The first-order valence-electron chi connectivity index (χ1n) is 8.68. The Morgan fingerprint density at radius 3 is 2.64 bits per heavy atom. The van der Waals surface area contributed by atoms with E-state index in [-0.39, 0.29) is 5.76 Å². The van der Waals surface area contributed by atoms with Gasteiger partial charge in [0.1, 0.15) is 5.52 Å². The lowest BCUT2D eigenvalue weighted by molar-refractivity contribution is 0.0995. The summed E-state index contributed by atoms with van der Waals surface area (Å²) < 4.78 is 11.6. The quantitative estimate of drug-likeness (QED) is 0.361. The molecule has 0 unspecified atom stereocenters. The van der Waals surface area contributed by atoms with Crippen molar-refractivity contribution in [1.29, 1.82) is 0 Å². The van der Waals surface area contributed by atoms with Crippen LogP contribution < -0.4 is 5.32 Å². The van der Waals surface area contributed by atoms with Crippen LogP contribution >= 0.6 is 27.5 Å². The Morgan fingerprint density at radius 1 is 1.11 bits per heavy atom. The molecule has 0 aliphatic carbocycles. The van der Waals surface area contributed by atoms with Crippen LogP contribution in [0.1, 0.15) is 35.9 Å². The molecule has 0 atom stereocenters. The van der Waals surface area contributed by atoms with Crippen molar-refractivity contribution in [3.8, 4) is 11.5 Å². The Balaban J connectivity index is 1.66. The highest BCUT2D eigenvalue weighted by molar-refractivity contribution is 9.10. The minimum absolute atomic E-state index is 0.177. The van der Waals surface area contributed by atoms with Crippen molar-refractivity contribution in [2.24, 2.45) is 0 Å². The van der Waals surface area contributed by atoms with Gasteiger partial charge in [-0.2, -0.15) is 0 Å². The van der Waals surface area contributed by atoms with Crippen LogP contribution in [0, 0.1) is 0 Å². The van der Waals surface area contributed by atoms with Gasteiger partial charge in [-0.25, -0.2) is 4.98 Å². The second kappa shape index (κ2) is 7.45. The standard InChI is InChI=1S/C21H16BrClN2O3/c1-11(2)12-4-6-17-16(9-12)25-21(28-17)13-3-5-14(23)15(10-13)24-20(26)18-7-8-19(22)27-18/h3-11H,1-2H3,(H,24,26). The number of oxazole rings is 1. The number of nitrogens with zero attached hydrogens (tertiary/aromatic N) is 1. The number of carbonyl (C=O) groups excluding carboxylic acids is 1. The van der Waals surface area contributed by atoms with Gasteiger partial charge < -0.3 is 14.2 Å². The van der Waals surface area contributed by atoms with Crippen molar-refractivity contribution < 1.29 is 13.6 Å². The minimum Gasteiger partial charge on any atom is -0.444 e. The maximum atomic E-state index is 12.3. The summed E-state index contributed by atoms with van der Waals surface area (Å²) in [6, 6.07) is 14.4. The Kier molecular flexibility index (Phi) is 5.00. The topological polar surface area (TPSA) is 68.3 Å². The average Bonchev–Trinajstić information content (AvgIpc) is 3.28. The number of amides is 1. The lowest BCUT2D eigenvalue weighted by Gasteiger charge is -2.07. The molecule has 2 aromatic heterocycles. The number of halogens is 2. The van der Waals surface area contributed by atoms with Crippen LogP contribution in [0.15, 0.2) is 62.0 Å². The molecule has 0 aliphatic rings. The van der Waals surface area contributed by atoms with Gasteiger partial charge in [-0.3, -0.25) is 4.79 Å². The Hall–Kier alpha value is -2.57. The molecule has 0 spiro atoms. The summed E-state index contributed by atoms with van der Waals surface area (Å²) in [7, 11) is 0. The number of benzene rings is 2. The molecule has 28 heavy (non-hydrogen) atoms. The third kappa shape index (κ3) is 3.70. The molecule has 7 heteroatoms. The third-order valence-electron chi connectivity index (χ3n) is 4.34. The zero-order valence-corrected chi connectivity index (χ0v) is 17.5. The monoisotopic (exact) mass is 458 g/mol. The lowest BCUT2D eigenvalue weighted by atomic mass is 10.0. The second-order valence-corrected chi connectivity index (χ2v) is 7.84. The molecular weight excluding hydrogens is 444 g/mol. The number of nitrogens with one attached hydrogen (secondary N) is 1. The van der Waals surface area contributed by atoms with Gasteiger partial charge in [-0.05, 0) is 69.9 Å². The van der Waals surface area contributed by atoms with E-state index in [1.807, 2.05) is 18.2 Å². The molecule has 5 nitrogen and oxygen atoms in total. The van der Waals surface area contributed by atoms with E-state index in [4.69, 9.17) is 20.4 Å². The molecule has 2 aromatic carbocycles. The zero-order valence-electron chi connectivity index (χ0n) is 15.1. The van der Waals surface area contributed by atoms with E-state index in [1.54, 1.807) is 30.3 Å². The van der Waals surface area contributed by atoms with Crippen molar-refractivity contribution >= 4 is 50.2 Å². The average molecular weight is 460 g/mol. The molecule has 0 radical (unpaired) electrons. The van der Waals surface area contributed by atoms with Gasteiger partial charge in [0.25, 0.3) is 5.91 Å². The highest BCUT2D eigenvalue weighted by atomic mass is 79.9. The number of aromatic nitrogens is 1. The number of fused-ring (bicyclic) bond motifs is 1. The summed E-state index contributed by atoms with van der Waals surface area (Å²) in [5, 5.41) is 3.16. The van der Waals surface area contributed by atoms with Crippen LogP contribution in [0.5, 0.6) is 0 Å². The van der Waals surface area contributed by atoms with Crippen molar-refractivity contribution in [2.75, 3.05) is 5.32 Å². The highest BCUT2D eigenvalue weighted by Gasteiger charge is 2.15. The molecule has 1 N–H and O–H groups in total. The highest BCUT2D eigenvalue weighted by Crippen LogP contribution is 2.31. The van der Waals surface area contributed by atoms with E-state index in [0.29, 0.717) is 38.3 Å². The molecule has 0 saturated carbocycles. The van der Waals surface area contributed by atoms with Crippen molar-refractivity contribution in [2.45, 2.75) is 19.8 Å². The molecule has 2 heterocycles. The number of carbonyl (C=O) groups is 1. The Morgan fingerprint density at radius 2 is 1.93 bits per heavy atom. The molecular formula is C21H16BrClN2O3. The van der Waals surface area contributed by atoms with E-state index >= 15 is 0 Å². The molecule has 1 amide bonds. The van der Waals surface area contributed by atoms with Crippen LogP contribution in [-0.2, 0) is 0 Å². The van der Waals surface area contributed by atoms with Gasteiger partial charge in [0.05, 0.1) is 10.7 Å². The first-order valence-corrected chi connectivity index (χ1v) is 9.85. The van der Waals surface area contributed by atoms with Crippen LogP contribution in [0.4, 0.5) is 5.69 Å². The smallest absolute Gasteiger partial charge is 0.291 e. The SMILES string of the molecule is CC(C)c1ccc2oc(-c3ccc(Cl)c(NC(=O)c4ccc(Br)o4)c3)nc2c1. The number of hydrogen-bond acceptors (Lipinski definition) is 4. The summed E-state index contributed by atoms with van der Waals surface area (Å²) in [5.74, 6) is 0.646. The Bertz CT molecular complexity index is 1180. The number of furan rings is 1. The Labute approximate surface area is 174 Å². The number of hydrogen-bond donors (Lipinski definition) is 1. The van der Waals surface area contributed by atoms with Crippen LogP contribution in [0.3, 0.4) is 0 Å². The van der Waals surface area contributed by atoms with Gasteiger partial charge in [-0.1, -0.05) is 31.5 Å². The van der Waals surface area contributed by atoms with Crippen LogP contribution in [-0.4, -0.2) is 10.9 Å². The molecule has 142 valence electrons. The first-order chi connectivity index (χ1) is 13.4. The fourth-order valence-electron chi connectivity index (χ4n) is 2.80. The van der Waals surface area contributed by atoms with E-state index < -0.39 is 5.91 Å². The maximum absolute atomic E-state index is 12.3. The molecule has 4 aromatic rings. The van der Waals surface area contributed by atoms with E-state index in [2.05, 4.69) is 40.1 Å². The van der Waals surface area contributed by atoms with Gasteiger partial charge in [-0.15, -0.1) is 0 Å². The predicted octanol–water partition coefficient (Wildman–Crippen LogP) is 6.88. The summed E-state index contributed by atoms with van der Waals surface area (Å²) in [4.78, 5) is 16.9. The summed E-state index contributed by atoms with van der Waals surface area (Å²) >= 11 is 9.43. The molecule has 4 rings (SSSR count). The number of rotatable bonds is 4. The van der Waals surface area contributed by atoms with Gasteiger partial charge in [0.15, 0.2) is 16.0 Å². The largest absolute Gasteiger partial charge is 0.444 e. The van der Waals surface area contributed by atoms with E-state index in [1.165, 1.54) is 5.56 Å². The predicted molar refractivity (Wildman–Crippen MR) is 113 cm³/mol. The zero-order chi connectivity index (χ0) is 19.8. The lowest BCUT2D eigenvalue weighted by Crippen LogP contribution is -2.11. The molecule has 0 bridgehead atoms. The normalized spacial score (nSPS) is 11.3. The molecule has 0 aliphatic heterocycles.